The molecule has 6 aromatic rings. The summed E-state index contributed by atoms with van der Waals surface area (Å²) < 4.78 is 9.78. The normalized spacial score (nSPS) is 14.5. The van der Waals surface area contributed by atoms with Crippen LogP contribution in [0.3, 0.4) is 0 Å². The van der Waals surface area contributed by atoms with E-state index < -0.39 is 12.0 Å². The molecule has 7 rings (SSSR count). The Labute approximate surface area is 279 Å². The molecule has 230 valence electrons. The minimum Gasteiger partial charge on any atom is -0.463 e. The van der Waals surface area contributed by atoms with Crippen molar-refractivity contribution in [2.24, 2.45) is 4.99 Å². The number of hydrogen-bond acceptors (Lipinski definition) is 6. The summed E-state index contributed by atoms with van der Waals surface area (Å²) in [6, 6.07) is 33.6. The summed E-state index contributed by atoms with van der Waals surface area (Å²) in [4.78, 5) is 33.5. The molecule has 0 saturated carbocycles. The van der Waals surface area contributed by atoms with Crippen LogP contribution in [0.2, 0.25) is 5.02 Å². The third-order valence-electron chi connectivity index (χ3n) is 8.10. The van der Waals surface area contributed by atoms with E-state index in [1.165, 1.54) is 11.3 Å². The summed E-state index contributed by atoms with van der Waals surface area (Å²) in [7, 11) is 0. The highest BCUT2D eigenvalue weighted by atomic mass is 35.5. The van der Waals surface area contributed by atoms with Crippen molar-refractivity contribution in [3.63, 3.8) is 0 Å². The summed E-state index contributed by atoms with van der Waals surface area (Å²) in [5, 5.41) is 10.7. The van der Waals surface area contributed by atoms with Crippen molar-refractivity contribution in [3.05, 3.63) is 167 Å². The molecule has 0 bridgehead atoms. The zero-order chi connectivity index (χ0) is 32.5. The van der Waals surface area contributed by atoms with E-state index in [1.54, 1.807) is 23.6 Å². The van der Waals surface area contributed by atoms with Crippen molar-refractivity contribution in [2.75, 3.05) is 6.61 Å². The van der Waals surface area contributed by atoms with Gasteiger partial charge in [-0.05, 0) is 54.5 Å². The Kier molecular flexibility index (Phi) is 8.17. The van der Waals surface area contributed by atoms with E-state index in [4.69, 9.17) is 21.3 Å². The molecule has 0 fully saturated rings. The monoisotopic (exact) mass is 654 g/mol. The van der Waals surface area contributed by atoms with E-state index >= 15 is 0 Å². The minimum absolute atomic E-state index is 0.175. The lowest BCUT2D eigenvalue weighted by Crippen LogP contribution is -2.40. The summed E-state index contributed by atoms with van der Waals surface area (Å²) in [5.41, 5.74) is 5.53. The van der Waals surface area contributed by atoms with E-state index in [2.05, 4.69) is 16.7 Å². The Bertz CT molecular complexity index is 2400. The predicted molar refractivity (Wildman–Crippen MR) is 185 cm³/mol. The highest BCUT2D eigenvalue weighted by Gasteiger charge is 2.35. The van der Waals surface area contributed by atoms with Gasteiger partial charge in [0.25, 0.3) is 5.56 Å². The van der Waals surface area contributed by atoms with Crippen LogP contribution in [0.5, 0.6) is 0 Å². The second kappa shape index (κ2) is 12.7. The molecule has 1 atom stereocenters. The van der Waals surface area contributed by atoms with Gasteiger partial charge in [0.1, 0.15) is 0 Å². The van der Waals surface area contributed by atoms with Crippen LogP contribution in [0, 0.1) is 11.3 Å². The number of hydrogen-bond donors (Lipinski definition) is 0. The number of nitrogens with zero attached hydrogens (tertiary/aromatic N) is 4. The van der Waals surface area contributed by atoms with Crippen LogP contribution in [0.15, 0.2) is 125 Å². The first-order valence-electron chi connectivity index (χ1n) is 15.1. The maximum absolute atomic E-state index is 14.4. The number of benzene rings is 4. The Hall–Kier alpha value is -5.49. The van der Waals surface area contributed by atoms with Crippen LogP contribution in [0.4, 0.5) is 0 Å². The van der Waals surface area contributed by atoms with Crippen LogP contribution >= 0.6 is 22.9 Å². The van der Waals surface area contributed by atoms with Gasteiger partial charge >= 0.3 is 5.97 Å². The zero-order valence-electron chi connectivity index (χ0n) is 25.3. The average molecular weight is 655 g/mol. The molecular weight excluding hydrogens is 628 g/mol. The molecule has 0 amide bonds. The Morgan fingerprint density at radius 2 is 1.72 bits per heavy atom. The second-order valence-corrected chi connectivity index (χ2v) is 12.5. The minimum atomic E-state index is -0.780. The Balaban J connectivity index is 1.43. The molecule has 7 nitrogen and oxygen atoms in total. The first-order valence-corrected chi connectivity index (χ1v) is 16.3. The fraction of sp³-hybridized carbons (Fsp3) is 0.105. The largest absolute Gasteiger partial charge is 0.463 e. The summed E-state index contributed by atoms with van der Waals surface area (Å²) >= 11 is 7.54. The molecule has 0 unspecified atom stereocenters. The maximum Gasteiger partial charge on any atom is 0.338 e. The molecular formula is C38H27ClN4O3S. The lowest BCUT2D eigenvalue weighted by atomic mass is 9.93. The van der Waals surface area contributed by atoms with E-state index in [1.807, 2.05) is 97.2 Å². The third-order valence-corrected chi connectivity index (χ3v) is 9.34. The van der Waals surface area contributed by atoms with Gasteiger partial charge in [0, 0.05) is 39.8 Å². The Morgan fingerprint density at radius 1 is 1.00 bits per heavy atom. The average Bonchev–Trinajstić information content (AvgIpc) is 3.61. The number of rotatable bonds is 7. The number of thiazole rings is 1. The highest BCUT2D eigenvalue weighted by Crippen LogP contribution is 2.35. The highest BCUT2D eigenvalue weighted by molar-refractivity contribution is 7.07. The van der Waals surface area contributed by atoms with E-state index in [9.17, 15) is 14.9 Å². The van der Waals surface area contributed by atoms with Crippen molar-refractivity contribution in [1.29, 1.82) is 5.26 Å². The maximum atomic E-state index is 14.4. The van der Waals surface area contributed by atoms with Crippen LogP contribution in [-0.4, -0.2) is 21.7 Å². The molecule has 0 saturated heterocycles. The van der Waals surface area contributed by atoms with Gasteiger partial charge in [-0.15, -0.1) is 0 Å². The fourth-order valence-corrected chi connectivity index (χ4v) is 7.06. The van der Waals surface area contributed by atoms with E-state index in [-0.39, 0.29) is 12.2 Å². The standard InChI is InChI=1S/C38H27ClN4O3S/c1-2-46-37(45)33-34(26-8-4-3-5-9-26)41-38-43(35(33)27-16-18-29(39)19-17-27)36(44)32(47-38)20-28-23-42(31-11-7-6-10-30(28)31)22-25-14-12-24(21-40)13-15-25/h3-20,23,35H,2,22H2,1H3/b32-20-/t35-/m0/s1. The molecule has 0 aliphatic carbocycles. The second-order valence-electron chi connectivity index (χ2n) is 11.0. The lowest BCUT2D eigenvalue weighted by Gasteiger charge is -2.25. The number of esters is 1. The third kappa shape index (κ3) is 5.72. The number of aromatic nitrogens is 2. The number of nitriles is 1. The zero-order valence-corrected chi connectivity index (χ0v) is 26.8. The molecule has 0 N–H and O–H groups in total. The van der Waals surface area contributed by atoms with Crippen LogP contribution in [-0.2, 0) is 16.1 Å². The number of carbonyl (C=O) groups excluding carboxylic acids is 1. The topological polar surface area (TPSA) is 89.4 Å². The fourth-order valence-electron chi connectivity index (χ4n) is 5.94. The van der Waals surface area contributed by atoms with Crippen molar-refractivity contribution >= 4 is 51.6 Å². The number of halogens is 1. The van der Waals surface area contributed by atoms with Crippen molar-refractivity contribution in [1.82, 2.24) is 9.13 Å². The molecule has 2 aromatic heterocycles. The molecule has 4 aromatic carbocycles. The first kappa shape index (κ1) is 30.2. The molecule has 0 radical (unpaired) electrons. The van der Waals surface area contributed by atoms with Crippen molar-refractivity contribution in [2.45, 2.75) is 19.5 Å². The van der Waals surface area contributed by atoms with E-state index in [0.717, 1.165) is 27.6 Å². The van der Waals surface area contributed by atoms with Gasteiger partial charge in [-0.25, -0.2) is 9.79 Å². The number of ether oxygens (including phenoxy) is 1. The van der Waals surface area contributed by atoms with Gasteiger partial charge in [0.2, 0.25) is 0 Å². The smallest absolute Gasteiger partial charge is 0.338 e. The lowest BCUT2D eigenvalue weighted by molar-refractivity contribution is -0.138. The van der Waals surface area contributed by atoms with Crippen molar-refractivity contribution in [3.8, 4) is 6.07 Å². The number of carbonyl (C=O) groups is 1. The summed E-state index contributed by atoms with van der Waals surface area (Å²) in [6.45, 7) is 2.53. The Morgan fingerprint density at radius 3 is 2.45 bits per heavy atom. The molecule has 1 aliphatic heterocycles. The van der Waals surface area contributed by atoms with Gasteiger partial charge < -0.3 is 9.30 Å². The molecule has 3 heterocycles. The first-order chi connectivity index (χ1) is 22.9. The van der Waals surface area contributed by atoms with Gasteiger partial charge in [-0.1, -0.05) is 95.7 Å². The molecule has 47 heavy (non-hydrogen) atoms. The van der Waals surface area contributed by atoms with Gasteiger partial charge in [0.15, 0.2) is 4.80 Å². The molecule has 0 spiro atoms. The van der Waals surface area contributed by atoms with Gasteiger partial charge in [0.05, 0.1) is 40.1 Å². The van der Waals surface area contributed by atoms with Crippen LogP contribution in [0.1, 0.15) is 40.8 Å². The predicted octanol–water partition coefficient (Wildman–Crippen LogP) is 6.46. The van der Waals surface area contributed by atoms with Gasteiger partial charge in [-0.2, -0.15) is 5.26 Å². The van der Waals surface area contributed by atoms with Crippen LogP contribution in [0.25, 0.3) is 22.7 Å². The SMILES string of the molecule is CCOC(=O)C1=C(c2ccccc2)N=c2s/c(=C\c3cn(Cc4ccc(C#N)cc4)c4ccccc34)c(=O)n2[C@H]1c1ccc(Cl)cc1. The molecule has 9 heteroatoms. The number of fused-ring (bicyclic) bond motifs is 2. The van der Waals surface area contributed by atoms with E-state index in [0.29, 0.717) is 43.3 Å². The van der Waals surface area contributed by atoms with Gasteiger partial charge in [-0.3, -0.25) is 9.36 Å². The van der Waals surface area contributed by atoms with Crippen LogP contribution < -0.4 is 14.9 Å². The summed E-state index contributed by atoms with van der Waals surface area (Å²) in [6.07, 6.45) is 3.94. The summed E-state index contributed by atoms with van der Waals surface area (Å²) in [5.74, 6) is -0.532. The quantitative estimate of drug-likeness (QED) is 0.185. The van der Waals surface area contributed by atoms with Crippen molar-refractivity contribution < 1.29 is 9.53 Å². The number of para-hydroxylation sites is 1. The molecule has 1 aliphatic rings.